The highest BCUT2D eigenvalue weighted by Crippen LogP contribution is 2.47. The van der Waals surface area contributed by atoms with E-state index in [1.165, 1.54) is 31.3 Å². The van der Waals surface area contributed by atoms with Gasteiger partial charge < -0.3 is 19.3 Å². The Kier molecular flexibility index (Phi) is 8.92. The van der Waals surface area contributed by atoms with Crippen LogP contribution in [0.2, 0.25) is 0 Å². The molecule has 0 bridgehead atoms. The van der Waals surface area contributed by atoms with Gasteiger partial charge in [0.05, 0.1) is 13.0 Å². The van der Waals surface area contributed by atoms with Crippen molar-refractivity contribution in [2.45, 2.75) is 64.3 Å². The number of rotatable bonds is 12. The Labute approximate surface area is 214 Å². The normalized spacial score (nSPS) is 20.9. The molecule has 0 spiro atoms. The lowest BCUT2D eigenvalue weighted by Gasteiger charge is -2.27. The fourth-order valence-corrected chi connectivity index (χ4v) is 5.48. The van der Waals surface area contributed by atoms with Crippen molar-refractivity contribution in [1.29, 1.82) is 0 Å². The Morgan fingerprint density at radius 3 is 2.33 bits per heavy atom. The Morgan fingerprint density at radius 2 is 1.69 bits per heavy atom. The third kappa shape index (κ3) is 5.86. The monoisotopic (exact) mass is 493 g/mol. The average molecular weight is 494 g/mol. The van der Waals surface area contributed by atoms with Crippen LogP contribution in [0.4, 0.5) is 0 Å². The number of methoxy groups -OCH3 is 1. The van der Waals surface area contributed by atoms with E-state index in [1.807, 2.05) is 42.5 Å². The summed E-state index contributed by atoms with van der Waals surface area (Å²) in [6.07, 6.45) is 9.33. The summed E-state index contributed by atoms with van der Waals surface area (Å²) in [7, 11) is 1.64. The van der Waals surface area contributed by atoms with Gasteiger partial charge in [-0.1, -0.05) is 56.5 Å². The van der Waals surface area contributed by atoms with Gasteiger partial charge in [-0.05, 0) is 61.1 Å². The molecule has 36 heavy (non-hydrogen) atoms. The second-order valence-corrected chi connectivity index (χ2v) is 9.82. The summed E-state index contributed by atoms with van der Waals surface area (Å²) >= 11 is 0. The lowest BCUT2D eigenvalue weighted by molar-refractivity contribution is -0.143. The topological polar surface area (TPSA) is 68.2 Å². The van der Waals surface area contributed by atoms with Gasteiger partial charge in [0.25, 0.3) is 0 Å². The fraction of sp³-hybridized carbons (Fsp3) is 0.500. The van der Waals surface area contributed by atoms with Crippen LogP contribution in [0.3, 0.4) is 0 Å². The number of hydrogen-bond donors (Lipinski definition) is 1. The first-order valence-corrected chi connectivity index (χ1v) is 13.2. The van der Waals surface area contributed by atoms with Gasteiger partial charge in [0, 0.05) is 25.0 Å². The molecule has 6 heteroatoms. The van der Waals surface area contributed by atoms with Gasteiger partial charge in [0.1, 0.15) is 5.75 Å². The van der Waals surface area contributed by atoms with Crippen molar-refractivity contribution in [3.8, 4) is 17.2 Å². The van der Waals surface area contributed by atoms with Gasteiger partial charge >= 0.3 is 5.97 Å². The second kappa shape index (κ2) is 12.3. The zero-order valence-corrected chi connectivity index (χ0v) is 21.7. The SMILES string of the molecule is CCCCC(=CCN1CC(c2ccc3c(c2)OCO3)C(C(=O)O)C1c1ccc(OC)cc1)CCCC. The van der Waals surface area contributed by atoms with Gasteiger partial charge in [-0.3, -0.25) is 9.69 Å². The third-order valence-electron chi connectivity index (χ3n) is 7.48. The van der Waals surface area contributed by atoms with Crippen LogP contribution in [0.5, 0.6) is 17.2 Å². The largest absolute Gasteiger partial charge is 0.497 e. The van der Waals surface area contributed by atoms with Crippen LogP contribution < -0.4 is 14.2 Å². The number of likely N-dealkylation sites (tertiary alicyclic amines) is 1. The van der Waals surface area contributed by atoms with Gasteiger partial charge in [-0.25, -0.2) is 0 Å². The lowest BCUT2D eigenvalue weighted by Crippen LogP contribution is -2.29. The minimum Gasteiger partial charge on any atom is -0.497 e. The van der Waals surface area contributed by atoms with E-state index in [-0.39, 0.29) is 18.8 Å². The van der Waals surface area contributed by atoms with E-state index in [9.17, 15) is 9.90 Å². The van der Waals surface area contributed by atoms with E-state index < -0.39 is 11.9 Å². The Morgan fingerprint density at radius 1 is 1.03 bits per heavy atom. The highest BCUT2D eigenvalue weighted by molar-refractivity contribution is 5.74. The lowest BCUT2D eigenvalue weighted by atomic mass is 9.82. The molecule has 3 unspecified atom stereocenters. The number of aliphatic carboxylic acids is 1. The minimum absolute atomic E-state index is 0.160. The van der Waals surface area contributed by atoms with Crippen molar-refractivity contribution in [2.75, 3.05) is 27.0 Å². The number of allylic oxidation sites excluding steroid dienone is 1. The molecular weight excluding hydrogens is 454 g/mol. The van der Waals surface area contributed by atoms with Crippen LogP contribution in [0.15, 0.2) is 54.1 Å². The molecular formula is C30H39NO5. The molecule has 0 amide bonds. The smallest absolute Gasteiger partial charge is 0.309 e. The number of carboxylic acids is 1. The first kappa shape index (κ1) is 26.1. The molecule has 1 fully saturated rings. The molecule has 194 valence electrons. The van der Waals surface area contributed by atoms with Crippen molar-refractivity contribution < 1.29 is 24.1 Å². The highest BCUT2D eigenvalue weighted by Gasteiger charge is 2.47. The molecule has 2 aliphatic rings. The number of carbonyl (C=O) groups is 1. The fourth-order valence-electron chi connectivity index (χ4n) is 5.48. The van der Waals surface area contributed by atoms with Crippen LogP contribution in [-0.2, 0) is 4.79 Å². The molecule has 0 aliphatic carbocycles. The van der Waals surface area contributed by atoms with Gasteiger partial charge in [0.2, 0.25) is 6.79 Å². The summed E-state index contributed by atoms with van der Waals surface area (Å²) in [6.45, 7) is 6.06. The Hall–Kier alpha value is -2.99. The molecule has 1 N–H and O–H groups in total. The van der Waals surface area contributed by atoms with Crippen molar-refractivity contribution in [3.05, 3.63) is 65.2 Å². The van der Waals surface area contributed by atoms with Crippen LogP contribution in [-0.4, -0.2) is 43.0 Å². The average Bonchev–Trinajstić information content (AvgIpc) is 3.52. The van der Waals surface area contributed by atoms with Crippen LogP contribution in [0.25, 0.3) is 0 Å². The zero-order valence-electron chi connectivity index (χ0n) is 21.7. The van der Waals surface area contributed by atoms with Crippen molar-refractivity contribution in [1.82, 2.24) is 4.90 Å². The van der Waals surface area contributed by atoms with Gasteiger partial charge in [0.15, 0.2) is 11.5 Å². The minimum atomic E-state index is -0.776. The molecule has 0 saturated carbocycles. The van der Waals surface area contributed by atoms with Crippen molar-refractivity contribution in [2.24, 2.45) is 5.92 Å². The number of fused-ring (bicyclic) bond motifs is 1. The molecule has 3 atom stereocenters. The van der Waals surface area contributed by atoms with Gasteiger partial charge in [-0.15, -0.1) is 0 Å². The molecule has 2 aromatic rings. The molecule has 6 nitrogen and oxygen atoms in total. The number of unbranched alkanes of at least 4 members (excludes halogenated alkanes) is 2. The van der Waals surface area contributed by atoms with Crippen LogP contribution >= 0.6 is 0 Å². The number of carboxylic acid groups (broad SMARTS) is 1. The van der Waals surface area contributed by atoms with Crippen LogP contribution in [0.1, 0.15) is 75.5 Å². The number of ether oxygens (including phenoxy) is 3. The molecule has 1 saturated heterocycles. The quantitative estimate of drug-likeness (QED) is 0.337. The second-order valence-electron chi connectivity index (χ2n) is 9.82. The number of nitrogens with zero attached hydrogens (tertiary/aromatic N) is 1. The molecule has 0 radical (unpaired) electrons. The van der Waals surface area contributed by atoms with E-state index in [4.69, 9.17) is 14.2 Å². The highest BCUT2D eigenvalue weighted by atomic mass is 16.7. The summed E-state index contributed by atoms with van der Waals surface area (Å²) < 4.78 is 16.4. The molecule has 0 aromatic heterocycles. The predicted octanol–water partition coefficient (Wildman–Crippen LogP) is 6.57. The summed E-state index contributed by atoms with van der Waals surface area (Å²) in [6, 6.07) is 13.5. The Bertz CT molecular complexity index is 1040. The first-order chi connectivity index (χ1) is 17.5. The molecule has 2 heterocycles. The van der Waals surface area contributed by atoms with Crippen molar-refractivity contribution in [3.63, 3.8) is 0 Å². The Balaban J connectivity index is 1.68. The first-order valence-electron chi connectivity index (χ1n) is 13.2. The maximum absolute atomic E-state index is 12.8. The summed E-state index contributed by atoms with van der Waals surface area (Å²) in [5.74, 6) is 0.657. The number of benzene rings is 2. The van der Waals surface area contributed by atoms with Crippen LogP contribution in [0, 0.1) is 5.92 Å². The van der Waals surface area contributed by atoms with E-state index in [2.05, 4.69) is 24.8 Å². The third-order valence-corrected chi connectivity index (χ3v) is 7.48. The van der Waals surface area contributed by atoms with Gasteiger partial charge in [-0.2, -0.15) is 0 Å². The van der Waals surface area contributed by atoms with E-state index in [1.54, 1.807) is 7.11 Å². The summed E-state index contributed by atoms with van der Waals surface area (Å²) in [5.41, 5.74) is 3.47. The standard InChI is InChI=1S/C30H39NO5/c1-4-6-8-21(9-7-5-2)16-17-31-19-25(23-12-15-26-27(18-23)36-20-35-26)28(30(32)33)29(31)22-10-13-24(34-3)14-11-22/h10-16,18,25,28-29H,4-9,17,19-20H2,1-3H3,(H,32,33). The summed E-state index contributed by atoms with van der Waals surface area (Å²) in [5, 5.41) is 10.5. The van der Waals surface area contributed by atoms with E-state index in [0.29, 0.717) is 18.0 Å². The zero-order chi connectivity index (χ0) is 25.5. The molecule has 2 aromatic carbocycles. The number of hydrogen-bond acceptors (Lipinski definition) is 5. The summed E-state index contributed by atoms with van der Waals surface area (Å²) in [4.78, 5) is 15.1. The molecule has 4 rings (SSSR count). The maximum Gasteiger partial charge on any atom is 0.309 e. The van der Waals surface area contributed by atoms with E-state index in [0.717, 1.165) is 36.3 Å². The van der Waals surface area contributed by atoms with E-state index >= 15 is 0 Å². The molecule has 2 aliphatic heterocycles. The predicted molar refractivity (Wildman–Crippen MR) is 141 cm³/mol. The maximum atomic E-state index is 12.8. The van der Waals surface area contributed by atoms with Crippen molar-refractivity contribution >= 4 is 5.97 Å².